The summed E-state index contributed by atoms with van der Waals surface area (Å²) in [5.41, 5.74) is 3.66. The van der Waals surface area contributed by atoms with Crippen LogP contribution >= 0.6 is 12.4 Å². The highest BCUT2D eigenvalue weighted by molar-refractivity contribution is 5.93. The largest absolute Gasteiger partial charge is 0.344 e. The maximum Gasteiger partial charge on any atom is 0.274 e. The number of nitrogens with one attached hydrogen (secondary N) is 2. The highest BCUT2D eigenvalue weighted by atomic mass is 35.5. The normalized spacial score (nSPS) is 16.0. The molecule has 1 aliphatic heterocycles. The molecule has 3 rings (SSSR count). The van der Waals surface area contributed by atoms with Crippen LogP contribution in [0.5, 0.6) is 0 Å². The number of rotatable bonds is 5. The van der Waals surface area contributed by atoms with Crippen LogP contribution in [0.1, 0.15) is 66.1 Å². The molecule has 0 saturated carbocycles. The summed E-state index contributed by atoms with van der Waals surface area (Å²) in [5, 5.41) is 14.8. The van der Waals surface area contributed by atoms with Gasteiger partial charge in [0.15, 0.2) is 5.69 Å². The van der Waals surface area contributed by atoms with Crippen LogP contribution in [0.15, 0.2) is 24.3 Å². The Labute approximate surface area is 161 Å². The molecule has 1 fully saturated rings. The third-order valence-electron chi connectivity index (χ3n) is 5.03. The summed E-state index contributed by atoms with van der Waals surface area (Å²) >= 11 is 0. The summed E-state index contributed by atoms with van der Waals surface area (Å²) in [7, 11) is 0. The first-order valence-corrected chi connectivity index (χ1v) is 9.12. The van der Waals surface area contributed by atoms with E-state index < -0.39 is 0 Å². The minimum atomic E-state index is -0.162. The number of piperidine rings is 1. The van der Waals surface area contributed by atoms with Gasteiger partial charge in [0.2, 0.25) is 0 Å². The topological polar surface area (TPSA) is 71.8 Å². The van der Waals surface area contributed by atoms with Crippen LogP contribution in [0.2, 0.25) is 0 Å². The van der Waals surface area contributed by atoms with E-state index in [0.29, 0.717) is 11.7 Å². The van der Waals surface area contributed by atoms with Gasteiger partial charge in [-0.1, -0.05) is 36.4 Å². The molecule has 0 radical (unpaired) electrons. The third-order valence-corrected chi connectivity index (χ3v) is 5.03. The van der Waals surface area contributed by atoms with Crippen molar-refractivity contribution in [2.24, 2.45) is 0 Å². The number of carbonyl (C=O) groups excluding carboxylic acids is 1. The highest BCUT2D eigenvalue weighted by Gasteiger charge is 2.23. The standard InChI is InChI=1S/C19H27N5O.ClH/c1-4-15-5-7-16(8-6-15)13(2)21-19(25)18-14(3)24(23-22-18)17-9-11-20-12-10-17;/h5-8,13,17,20H,4,9-12H2,1-3H3,(H,21,25);1H. The first kappa shape index (κ1) is 20.4. The molecular weight excluding hydrogens is 350 g/mol. The quantitative estimate of drug-likeness (QED) is 0.840. The fourth-order valence-corrected chi connectivity index (χ4v) is 3.34. The van der Waals surface area contributed by atoms with Crippen molar-refractivity contribution in [3.05, 3.63) is 46.8 Å². The minimum absolute atomic E-state index is 0. The van der Waals surface area contributed by atoms with Crippen LogP contribution in [0.4, 0.5) is 0 Å². The molecule has 2 heterocycles. The van der Waals surface area contributed by atoms with Crippen LogP contribution in [-0.4, -0.2) is 34.0 Å². The number of hydrogen-bond donors (Lipinski definition) is 2. The van der Waals surface area contributed by atoms with Crippen molar-refractivity contribution in [3.63, 3.8) is 0 Å². The van der Waals surface area contributed by atoms with Crippen LogP contribution < -0.4 is 10.6 Å². The van der Waals surface area contributed by atoms with E-state index in [0.717, 1.165) is 43.6 Å². The van der Waals surface area contributed by atoms with Gasteiger partial charge in [0.1, 0.15) is 0 Å². The fourth-order valence-electron chi connectivity index (χ4n) is 3.34. The fraction of sp³-hybridized carbons (Fsp3) is 0.526. The second kappa shape index (κ2) is 9.14. The van der Waals surface area contributed by atoms with Gasteiger partial charge >= 0.3 is 0 Å². The molecule has 6 nitrogen and oxygen atoms in total. The molecule has 1 aromatic carbocycles. The molecule has 1 unspecified atom stereocenters. The molecular formula is C19H28ClN5O. The van der Waals surface area contributed by atoms with Gasteiger partial charge in [0, 0.05) is 0 Å². The van der Waals surface area contributed by atoms with Gasteiger partial charge in [-0.2, -0.15) is 0 Å². The summed E-state index contributed by atoms with van der Waals surface area (Å²) in [6.45, 7) is 8.02. The van der Waals surface area contributed by atoms with E-state index in [-0.39, 0.29) is 24.4 Å². The average molecular weight is 378 g/mol. The number of benzene rings is 1. The van der Waals surface area contributed by atoms with E-state index in [1.54, 1.807) is 0 Å². The van der Waals surface area contributed by atoms with Gasteiger partial charge in [-0.15, -0.1) is 17.5 Å². The number of halogens is 1. The second-order valence-corrected chi connectivity index (χ2v) is 6.74. The monoisotopic (exact) mass is 377 g/mol. The molecule has 7 heteroatoms. The Balaban J connectivity index is 0.00000243. The number of nitrogens with zero attached hydrogens (tertiary/aromatic N) is 3. The lowest BCUT2D eigenvalue weighted by Crippen LogP contribution is -2.31. The molecule has 0 spiro atoms. The number of carbonyl (C=O) groups is 1. The van der Waals surface area contributed by atoms with Crippen molar-refractivity contribution in [2.75, 3.05) is 13.1 Å². The Morgan fingerprint density at radius 3 is 2.58 bits per heavy atom. The van der Waals surface area contributed by atoms with Gasteiger partial charge in [-0.05, 0) is 57.3 Å². The predicted molar refractivity (Wildman–Crippen MR) is 105 cm³/mol. The highest BCUT2D eigenvalue weighted by Crippen LogP contribution is 2.21. The Bertz CT molecular complexity index is 722. The lowest BCUT2D eigenvalue weighted by molar-refractivity contribution is 0.0934. The van der Waals surface area contributed by atoms with Crippen molar-refractivity contribution >= 4 is 18.3 Å². The number of amides is 1. The van der Waals surface area contributed by atoms with Gasteiger partial charge in [-0.25, -0.2) is 4.68 Å². The SMILES string of the molecule is CCc1ccc(C(C)NC(=O)c2nnn(C3CCNCC3)c2C)cc1.Cl. The van der Waals surface area contributed by atoms with Crippen molar-refractivity contribution in [1.29, 1.82) is 0 Å². The van der Waals surface area contributed by atoms with Gasteiger partial charge in [0.25, 0.3) is 5.91 Å². The summed E-state index contributed by atoms with van der Waals surface area (Å²) < 4.78 is 1.91. The first-order chi connectivity index (χ1) is 12.1. The molecule has 2 aromatic rings. The molecule has 0 aliphatic carbocycles. The lowest BCUT2D eigenvalue weighted by Gasteiger charge is -2.23. The molecule has 1 aliphatic rings. The van der Waals surface area contributed by atoms with Gasteiger partial charge in [0.05, 0.1) is 17.8 Å². The third kappa shape index (κ3) is 4.43. The number of hydrogen-bond acceptors (Lipinski definition) is 4. The van der Waals surface area contributed by atoms with Crippen molar-refractivity contribution < 1.29 is 4.79 Å². The zero-order chi connectivity index (χ0) is 17.8. The Morgan fingerprint density at radius 1 is 1.31 bits per heavy atom. The average Bonchev–Trinajstić information content (AvgIpc) is 3.04. The Hall–Kier alpha value is -1.92. The smallest absolute Gasteiger partial charge is 0.274 e. The maximum absolute atomic E-state index is 12.6. The second-order valence-electron chi connectivity index (χ2n) is 6.74. The van der Waals surface area contributed by atoms with Crippen LogP contribution in [0, 0.1) is 6.92 Å². The van der Waals surface area contributed by atoms with Crippen LogP contribution in [0.25, 0.3) is 0 Å². The number of aryl methyl sites for hydroxylation is 1. The summed E-state index contributed by atoms with van der Waals surface area (Å²) in [4.78, 5) is 12.6. The van der Waals surface area contributed by atoms with Crippen molar-refractivity contribution in [2.45, 2.75) is 52.1 Å². The Morgan fingerprint density at radius 2 is 1.96 bits per heavy atom. The van der Waals surface area contributed by atoms with E-state index in [1.165, 1.54) is 5.56 Å². The van der Waals surface area contributed by atoms with Crippen LogP contribution in [-0.2, 0) is 6.42 Å². The zero-order valence-corrected chi connectivity index (χ0v) is 16.5. The maximum atomic E-state index is 12.6. The van der Waals surface area contributed by atoms with E-state index in [9.17, 15) is 4.79 Å². The summed E-state index contributed by atoms with van der Waals surface area (Å²) in [5.74, 6) is -0.162. The first-order valence-electron chi connectivity index (χ1n) is 9.12. The van der Waals surface area contributed by atoms with E-state index in [4.69, 9.17) is 0 Å². The van der Waals surface area contributed by atoms with E-state index in [1.807, 2.05) is 18.5 Å². The van der Waals surface area contributed by atoms with Crippen molar-refractivity contribution in [3.8, 4) is 0 Å². The van der Waals surface area contributed by atoms with Crippen molar-refractivity contribution in [1.82, 2.24) is 25.6 Å². The summed E-state index contributed by atoms with van der Waals surface area (Å²) in [6.07, 6.45) is 3.05. The summed E-state index contributed by atoms with van der Waals surface area (Å²) in [6, 6.07) is 8.62. The lowest BCUT2D eigenvalue weighted by atomic mass is 10.0. The molecule has 0 bridgehead atoms. The van der Waals surface area contributed by atoms with E-state index >= 15 is 0 Å². The van der Waals surface area contributed by atoms with Gasteiger partial charge < -0.3 is 10.6 Å². The minimum Gasteiger partial charge on any atom is -0.344 e. The molecule has 1 aromatic heterocycles. The van der Waals surface area contributed by atoms with Gasteiger partial charge in [-0.3, -0.25) is 4.79 Å². The van der Waals surface area contributed by atoms with Crippen LogP contribution in [0.3, 0.4) is 0 Å². The van der Waals surface area contributed by atoms with E-state index in [2.05, 4.69) is 52.1 Å². The molecule has 142 valence electrons. The molecule has 1 amide bonds. The predicted octanol–water partition coefficient (Wildman–Crippen LogP) is 2.99. The zero-order valence-electron chi connectivity index (χ0n) is 15.7. The molecule has 26 heavy (non-hydrogen) atoms. The molecule has 1 saturated heterocycles. The Kier molecular flexibility index (Phi) is 7.17. The number of aromatic nitrogens is 3. The molecule has 2 N–H and O–H groups in total. The molecule has 1 atom stereocenters.